The Hall–Kier alpha value is -3.88. The fourth-order valence-electron chi connectivity index (χ4n) is 4.37. The van der Waals surface area contributed by atoms with Gasteiger partial charge in [0.15, 0.2) is 16.6 Å². The number of aryl methyl sites for hydroxylation is 1. The number of anilines is 2. The largest absolute Gasteiger partial charge is 0.490 e. The molecule has 3 aromatic carbocycles. The smallest absolute Gasteiger partial charge is 0.271 e. The number of benzene rings is 3. The van der Waals surface area contributed by atoms with E-state index in [1.165, 1.54) is 48.8 Å². The summed E-state index contributed by atoms with van der Waals surface area (Å²) >= 11 is 8.07. The normalized spacial score (nSPS) is 11.1. The maximum absolute atomic E-state index is 12.7. The Bertz CT molecular complexity index is 1490. The molecule has 0 saturated heterocycles. The van der Waals surface area contributed by atoms with Crippen LogP contribution in [0, 0.1) is 6.92 Å². The number of amides is 1. The van der Waals surface area contributed by atoms with Crippen LogP contribution in [0.3, 0.4) is 0 Å². The molecule has 9 heteroatoms. The minimum absolute atomic E-state index is 0.321. The van der Waals surface area contributed by atoms with Crippen LogP contribution in [0.25, 0.3) is 11.3 Å². The van der Waals surface area contributed by atoms with E-state index < -0.39 is 0 Å². The Kier molecular flexibility index (Phi) is 12.4. The van der Waals surface area contributed by atoms with Crippen molar-refractivity contribution in [2.75, 3.05) is 18.5 Å². The summed E-state index contributed by atoms with van der Waals surface area (Å²) in [6.45, 7) is 7.24. The fourth-order valence-corrected chi connectivity index (χ4v) is 5.38. The average Bonchev–Trinajstić information content (AvgIpc) is 3.47. The number of unbranched alkanes of at least 4 members (excludes halogenated alkanes) is 5. The Morgan fingerprint density at radius 1 is 0.977 bits per heavy atom. The van der Waals surface area contributed by atoms with E-state index >= 15 is 0 Å². The summed E-state index contributed by atoms with van der Waals surface area (Å²) < 4.78 is 11.8. The van der Waals surface area contributed by atoms with Crippen LogP contribution in [0.4, 0.5) is 10.8 Å². The average molecular weight is 619 g/mol. The highest BCUT2D eigenvalue weighted by Gasteiger charge is 2.13. The molecule has 0 aliphatic heterocycles. The summed E-state index contributed by atoms with van der Waals surface area (Å²) in [4.78, 5) is 17.4. The number of aromatic nitrogens is 1. The number of nitrogens with zero attached hydrogens (tertiary/aromatic N) is 2. The highest BCUT2D eigenvalue weighted by atomic mass is 35.5. The first kappa shape index (κ1) is 32.0. The predicted octanol–water partition coefficient (Wildman–Crippen LogP) is 9.42. The Labute approximate surface area is 263 Å². The monoisotopic (exact) mass is 618 g/mol. The van der Waals surface area contributed by atoms with Gasteiger partial charge in [-0.25, -0.2) is 10.4 Å². The van der Waals surface area contributed by atoms with E-state index in [-0.39, 0.29) is 5.91 Å². The lowest BCUT2D eigenvalue weighted by Gasteiger charge is -2.14. The summed E-state index contributed by atoms with van der Waals surface area (Å²) in [7, 11) is 0. The van der Waals surface area contributed by atoms with Crippen LogP contribution in [0.5, 0.6) is 11.5 Å². The van der Waals surface area contributed by atoms with Crippen molar-refractivity contribution in [2.45, 2.75) is 59.3 Å². The van der Waals surface area contributed by atoms with Crippen LogP contribution < -0.4 is 20.2 Å². The molecular formula is C34H39ClN4O3S. The summed E-state index contributed by atoms with van der Waals surface area (Å²) in [5.41, 5.74) is 7.71. The van der Waals surface area contributed by atoms with Gasteiger partial charge in [0.1, 0.15) is 0 Å². The lowest BCUT2D eigenvalue weighted by Crippen LogP contribution is -2.17. The molecule has 0 saturated carbocycles. The highest BCUT2D eigenvalue weighted by Crippen LogP contribution is 2.36. The van der Waals surface area contributed by atoms with E-state index in [2.05, 4.69) is 46.8 Å². The molecule has 43 heavy (non-hydrogen) atoms. The number of carbonyl (C=O) groups excluding carboxylic acids is 1. The van der Waals surface area contributed by atoms with E-state index in [9.17, 15) is 4.79 Å². The van der Waals surface area contributed by atoms with E-state index in [1.54, 1.807) is 18.2 Å². The molecule has 4 aromatic rings. The number of hydrogen-bond acceptors (Lipinski definition) is 7. The number of carbonyl (C=O) groups is 1. The maximum Gasteiger partial charge on any atom is 0.271 e. The zero-order valence-electron chi connectivity index (χ0n) is 25.0. The van der Waals surface area contributed by atoms with Gasteiger partial charge in [-0.05, 0) is 62.2 Å². The third-order valence-electron chi connectivity index (χ3n) is 6.71. The van der Waals surface area contributed by atoms with Gasteiger partial charge in [0.2, 0.25) is 0 Å². The number of nitrogens with one attached hydrogen (secondary N) is 2. The first-order valence-electron chi connectivity index (χ1n) is 14.8. The maximum atomic E-state index is 12.7. The van der Waals surface area contributed by atoms with E-state index in [0.29, 0.717) is 40.9 Å². The number of thiazole rings is 1. The molecule has 2 N–H and O–H groups in total. The summed E-state index contributed by atoms with van der Waals surface area (Å²) in [6, 6.07) is 19.0. The SMILES string of the molecule is CCCCCCCCOc1c(Cl)cc(/C=N/NC(=O)c2ccc(-c3csc(Nc4ccc(C)cc4)n3)cc2)cc1OCC. The summed E-state index contributed by atoms with van der Waals surface area (Å²) in [5, 5.41) is 10.7. The second-order valence-corrected chi connectivity index (χ2v) is 11.4. The summed E-state index contributed by atoms with van der Waals surface area (Å²) in [6.07, 6.45) is 8.63. The molecule has 1 heterocycles. The number of hydrazone groups is 1. The summed E-state index contributed by atoms with van der Waals surface area (Å²) in [5.74, 6) is 0.776. The van der Waals surface area contributed by atoms with E-state index in [1.807, 2.05) is 42.6 Å². The second-order valence-electron chi connectivity index (χ2n) is 10.2. The van der Waals surface area contributed by atoms with Gasteiger partial charge in [0.25, 0.3) is 5.91 Å². The van der Waals surface area contributed by atoms with Gasteiger partial charge in [-0.1, -0.05) is 80.5 Å². The number of rotatable bonds is 16. The molecule has 1 aromatic heterocycles. The van der Waals surface area contributed by atoms with Crippen molar-refractivity contribution in [1.29, 1.82) is 0 Å². The van der Waals surface area contributed by atoms with Crippen molar-refractivity contribution >= 4 is 45.9 Å². The number of halogens is 1. The molecule has 0 unspecified atom stereocenters. The minimum Gasteiger partial charge on any atom is -0.490 e. The quantitative estimate of drug-likeness (QED) is 0.0742. The molecule has 0 aliphatic rings. The third-order valence-corrected chi connectivity index (χ3v) is 7.74. The van der Waals surface area contributed by atoms with Crippen LogP contribution in [0.15, 0.2) is 71.1 Å². The van der Waals surface area contributed by atoms with Gasteiger partial charge < -0.3 is 14.8 Å². The first-order chi connectivity index (χ1) is 21.0. The molecule has 0 atom stereocenters. The van der Waals surface area contributed by atoms with Gasteiger partial charge in [-0.2, -0.15) is 5.10 Å². The molecule has 1 amide bonds. The topological polar surface area (TPSA) is 84.8 Å². The van der Waals surface area contributed by atoms with Gasteiger partial charge in [-0.3, -0.25) is 4.79 Å². The zero-order chi connectivity index (χ0) is 30.4. The van der Waals surface area contributed by atoms with Crippen LogP contribution in [-0.4, -0.2) is 30.3 Å². The van der Waals surface area contributed by atoms with Gasteiger partial charge >= 0.3 is 0 Å². The predicted molar refractivity (Wildman–Crippen MR) is 179 cm³/mol. The van der Waals surface area contributed by atoms with Crippen molar-refractivity contribution in [1.82, 2.24) is 10.4 Å². The molecule has 0 spiro atoms. The van der Waals surface area contributed by atoms with Crippen molar-refractivity contribution in [3.63, 3.8) is 0 Å². The molecule has 4 rings (SSSR count). The van der Waals surface area contributed by atoms with Gasteiger partial charge in [-0.15, -0.1) is 11.3 Å². The Morgan fingerprint density at radius 2 is 1.72 bits per heavy atom. The number of ether oxygens (including phenoxy) is 2. The van der Waals surface area contributed by atoms with Crippen molar-refractivity contribution in [3.05, 3.63) is 87.8 Å². The Balaban J connectivity index is 1.31. The fraction of sp³-hybridized carbons (Fsp3) is 0.324. The highest BCUT2D eigenvalue weighted by molar-refractivity contribution is 7.14. The van der Waals surface area contributed by atoms with E-state index in [0.717, 1.165) is 34.9 Å². The van der Waals surface area contributed by atoms with Crippen molar-refractivity contribution in [2.24, 2.45) is 5.10 Å². The lowest BCUT2D eigenvalue weighted by molar-refractivity contribution is 0.0955. The van der Waals surface area contributed by atoms with Crippen molar-refractivity contribution in [3.8, 4) is 22.8 Å². The lowest BCUT2D eigenvalue weighted by atomic mass is 10.1. The molecule has 0 radical (unpaired) electrons. The number of hydrogen-bond donors (Lipinski definition) is 2. The molecule has 0 aliphatic carbocycles. The zero-order valence-corrected chi connectivity index (χ0v) is 26.6. The van der Waals surface area contributed by atoms with Crippen LogP contribution in [0.2, 0.25) is 5.02 Å². The molecule has 226 valence electrons. The minimum atomic E-state index is -0.321. The Morgan fingerprint density at radius 3 is 2.47 bits per heavy atom. The first-order valence-corrected chi connectivity index (χ1v) is 16.0. The van der Waals surface area contributed by atoms with Crippen LogP contribution in [0.1, 0.15) is 73.9 Å². The van der Waals surface area contributed by atoms with Crippen LogP contribution in [-0.2, 0) is 0 Å². The second kappa shape index (κ2) is 16.7. The molecule has 0 fully saturated rings. The van der Waals surface area contributed by atoms with Gasteiger partial charge in [0, 0.05) is 22.2 Å². The molecule has 7 nitrogen and oxygen atoms in total. The molecular weight excluding hydrogens is 580 g/mol. The van der Waals surface area contributed by atoms with Crippen molar-refractivity contribution < 1.29 is 14.3 Å². The third kappa shape index (κ3) is 9.83. The molecule has 0 bridgehead atoms. The van der Waals surface area contributed by atoms with E-state index in [4.69, 9.17) is 21.1 Å². The van der Waals surface area contributed by atoms with Gasteiger partial charge in [0.05, 0.1) is 30.1 Å². The standard InChI is InChI=1S/C34H39ClN4O3S/c1-4-6-7-8-9-10-19-42-32-29(35)20-25(21-31(32)41-5-2)22-36-39-33(40)27-15-13-26(14-16-27)30-23-43-34(38-30)37-28-17-11-24(3)12-18-28/h11-18,20-23H,4-10,19H2,1-3H3,(H,37,38)(H,39,40)/b36-22+. The van der Waals surface area contributed by atoms with Crippen LogP contribution >= 0.6 is 22.9 Å².